The molecule has 2 N–H and O–H groups in total. The standard InChI is InChI=1S/C20H16ClN5O3.2ClH/c1-22-19(27)16-10-12(6-8-23-16)11-29-20-17-15(7-9-28-17)18(25-26-20)24-14-4-2-13(21)3-5-14;;/h2-10H,11H2,1H3,(H,22,27)(H,24,25);2*1H. The molecule has 3 heterocycles. The molecule has 0 radical (unpaired) electrons. The number of anilines is 2. The van der Waals surface area contributed by atoms with Crippen LogP contribution in [0.25, 0.3) is 11.0 Å². The first-order valence-corrected chi connectivity index (χ1v) is 9.08. The lowest BCUT2D eigenvalue weighted by Crippen LogP contribution is -2.19. The Morgan fingerprint density at radius 1 is 1.13 bits per heavy atom. The number of aromatic nitrogens is 3. The summed E-state index contributed by atoms with van der Waals surface area (Å²) in [6.45, 7) is 0.182. The molecule has 0 aliphatic carbocycles. The molecule has 0 aliphatic rings. The maximum atomic E-state index is 11.7. The minimum Gasteiger partial charge on any atom is -0.469 e. The van der Waals surface area contributed by atoms with Crippen LogP contribution in [0.2, 0.25) is 5.02 Å². The summed E-state index contributed by atoms with van der Waals surface area (Å²) in [6, 6.07) is 12.4. The zero-order chi connectivity index (χ0) is 20.2. The van der Waals surface area contributed by atoms with E-state index in [2.05, 4.69) is 25.8 Å². The van der Waals surface area contributed by atoms with Crippen molar-refractivity contribution < 1.29 is 13.9 Å². The quantitative estimate of drug-likeness (QED) is 0.407. The Balaban J connectivity index is 0.00000171. The van der Waals surface area contributed by atoms with Gasteiger partial charge in [-0.2, -0.15) is 0 Å². The monoisotopic (exact) mass is 481 g/mol. The van der Waals surface area contributed by atoms with Crippen molar-refractivity contribution in [1.29, 1.82) is 0 Å². The van der Waals surface area contributed by atoms with Crippen LogP contribution in [0.5, 0.6) is 5.88 Å². The third kappa shape index (κ3) is 5.55. The molecule has 4 rings (SSSR count). The number of hydrogen-bond acceptors (Lipinski definition) is 7. The number of rotatable bonds is 6. The Labute approximate surface area is 195 Å². The van der Waals surface area contributed by atoms with Gasteiger partial charge in [-0.25, -0.2) is 0 Å². The Kier molecular flexibility index (Phi) is 8.44. The summed E-state index contributed by atoms with van der Waals surface area (Å²) >= 11 is 5.92. The van der Waals surface area contributed by atoms with Gasteiger partial charge in [0.05, 0.1) is 11.6 Å². The molecule has 11 heteroatoms. The Hall–Kier alpha value is -3.07. The van der Waals surface area contributed by atoms with E-state index in [0.29, 0.717) is 22.1 Å². The molecule has 162 valence electrons. The van der Waals surface area contributed by atoms with E-state index in [1.807, 2.05) is 12.1 Å². The lowest BCUT2D eigenvalue weighted by atomic mass is 10.2. The summed E-state index contributed by atoms with van der Waals surface area (Å²) in [5.74, 6) is 0.525. The second kappa shape index (κ2) is 10.8. The minimum absolute atomic E-state index is 0. The van der Waals surface area contributed by atoms with Gasteiger partial charge in [-0.3, -0.25) is 9.78 Å². The van der Waals surface area contributed by atoms with Gasteiger partial charge in [-0.15, -0.1) is 35.0 Å². The molecule has 0 spiro atoms. The first-order chi connectivity index (χ1) is 14.1. The number of nitrogens with one attached hydrogen (secondary N) is 2. The van der Waals surface area contributed by atoms with Crippen molar-refractivity contribution >= 4 is 64.8 Å². The lowest BCUT2D eigenvalue weighted by Gasteiger charge is -2.09. The van der Waals surface area contributed by atoms with Crippen LogP contribution in [-0.2, 0) is 6.61 Å². The zero-order valence-electron chi connectivity index (χ0n) is 16.2. The van der Waals surface area contributed by atoms with Crippen molar-refractivity contribution in [3.63, 3.8) is 0 Å². The predicted octanol–water partition coefficient (Wildman–Crippen LogP) is 4.80. The van der Waals surface area contributed by atoms with E-state index < -0.39 is 0 Å². The van der Waals surface area contributed by atoms with Crippen LogP contribution < -0.4 is 15.4 Å². The largest absolute Gasteiger partial charge is 0.469 e. The predicted molar refractivity (Wildman–Crippen MR) is 123 cm³/mol. The van der Waals surface area contributed by atoms with Gasteiger partial charge in [-0.1, -0.05) is 11.6 Å². The SMILES string of the molecule is CNC(=O)c1cc(COc2nnc(Nc3ccc(Cl)cc3)c3ccoc23)ccn1.Cl.Cl. The molecular weight excluding hydrogens is 465 g/mol. The fraction of sp³-hybridized carbons (Fsp3) is 0.100. The fourth-order valence-corrected chi connectivity index (χ4v) is 2.81. The summed E-state index contributed by atoms with van der Waals surface area (Å²) in [5, 5.41) is 15.4. The summed E-state index contributed by atoms with van der Waals surface area (Å²) in [5.41, 5.74) is 2.37. The number of carbonyl (C=O) groups excluding carboxylic acids is 1. The molecule has 0 unspecified atom stereocenters. The Bertz CT molecular complexity index is 1170. The third-order valence-corrected chi connectivity index (χ3v) is 4.37. The van der Waals surface area contributed by atoms with Crippen LogP contribution >= 0.6 is 36.4 Å². The number of pyridine rings is 1. The summed E-state index contributed by atoms with van der Waals surface area (Å²) in [4.78, 5) is 15.8. The molecule has 4 aromatic rings. The smallest absolute Gasteiger partial charge is 0.278 e. The number of nitrogens with zero attached hydrogens (tertiary/aromatic N) is 3. The van der Waals surface area contributed by atoms with E-state index in [1.54, 1.807) is 49.8 Å². The number of furan rings is 1. The van der Waals surface area contributed by atoms with E-state index in [1.165, 1.54) is 0 Å². The van der Waals surface area contributed by atoms with Crippen molar-refractivity contribution in [1.82, 2.24) is 20.5 Å². The molecule has 3 aromatic heterocycles. The van der Waals surface area contributed by atoms with E-state index >= 15 is 0 Å². The maximum absolute atomic E-state index is 11.7. The molecule has 0 fully saturated rings. The van der Waals surface area contributed by atoms with Gasteiger partial charge in [0.15, 0.2) is 5.82 Å². The van der Waals surface area contributed by atoms with Crippen LogP contribution in [0.1, 0.15) is 16.1 Å². The fourth-order valence-electron chi connectivity index (χ4n) is 2.68. The number of hydrogen-bond donors (Lipinski definition) is 2. The maximum Gasteiger partial charge on any atom is 0.278 e. The van der Waals surface area contributed by atoms with Gasteiger partial charge in [-0.05, 0) is 48.0 Å². The van der Waals surface area contributed by atoms with E-state index in [9.17, 15) is 4.79 Å². The number of ether oxygens (including phenoxy) is 1. The summed E-state index contributed by atoms with van der Waals surface area (Å²) in [6.07, 6.45) is 3.10. The van der Waals surface area contributed by atoms with Crippen molar-refractivity contribution in [3.8, 4) is 5.88 Å². The molecule has 0 saturated heterocycles. The summed E-state index contributed by atoms with van der Waals surface area (Å²) in [7, 11) is 1.55. The highest BCUT2D eigenvalue weighted by Gasteiger charge is 2.14. The number of amides is 1. The van der Waals surface area contributed by atoms with Crippen LogP contribution in [0.4, 0.5) is 11.5 Å². The van der Waals surface area contributed by atoms with Gasteiger partial charge in [0.25, 0.3) is 11.8 Å². The normalized spacial score (nSPS) is 10.0. The molecule has 1 aromatic carbocycles. The second-order valence-corrected chi connectivity index (χ2v) is 6.50. The highest BCUT2D eigenvalue weighted by molar-refractivity contribution is 6.30. The molecule has 0 atom stereocenters. The Morgan fingerprint density at radius 3 is 2.65 bits per heavy atom. The van der Waals surface area contributed by atoms with Crippen LogP contribution in [0.15, 0.2) is 59.3 Å². The van der Waals surface area contributed by atoms with Crippen molar-refractivity contribution in [2.75, 3.05) is 12.4 Å². The second-order valence-electron chi connectivity index (χ2n) is 6.07. The van der Waals surface area contributed by atoms with Crippen molar-refractivity contribution in [2.45, 2.75) is 6.61 Å². The lowest BCUT2D eigenvalue weighted by molar-refractivity contribution is 0.0958. The molecule has 8 nitrogen and oxygen atoms in total. The number of halogens is 3. The van der Waals surface area contributed by atoms with Gasteiger partial charge in [0.1, 0.15) is 12.3 Å². The summed E-state index contributed by atoms with van der Waals surface area (Å²) < 4.78 is 11.3. The zero-order valence-corrected chi connectivity index (χ0v) is 18.6. The van der Waals surface area contributed by atoms with Gasteiger partial charge >= 0.3 is 0 Å². The molecule has 1 amide bonds. The third-order valence-electron chi connectivity index (χ3n) is 4.12. The van der Waals surface area contributed by atoms with E-state index in [4.69, 9.17) is 20.8 Å². The molecule has 0 aliphatic heterocycles. The number of benzene rings is 1. The van der Waals surface area contributed by atoms with Gasteiger partial charge in [0.2, 0.25) is 5.58 Å². The average molecular weight is 483 g/mol. The first-order valence-electron chi connectivity index (χ1n) is 8.70. The highest BCUT2D eigenvalue weighted by atomic mass is 35.5. The van der Waals surface area contributed by atoms with Crippen LogP contribution in [-0.4, -0.2) is 28.1 Å². The number of fused-ring (bicyclic) bond motifs is 1. The van der Waals surface area contributed by atoms with Crippen molar-refractivity contribution in [3.05, 3.63) is 71.2 Å². The van der Waals surface area contributed by atoms with E-state index in [0.717, 1.165) is 16.6 Å². The Morgan fingerprint density at radius 2 is 1.90 bits per heavy atom. The molecule has 0 saturated carbocycles. The molecular formula is C20H18Cl3N5O3. The topological polar surface area (TPSA) is 102 Å². The van der Waals surface area contributed by atoms with Gasteiger partial charge < -0.3 is 19.8 Å². The average Bonchev–Trinajstić information content (AvgIpc) is 3.25. The number of carbonyl (C=O) groups is 1. The van der Waals surface area contributed by atoms with E-state index in [-0.39, 0.29) is 43.2 Å². The molecule has 31 heavy (non-hydrogen) atoms. The van der Waals surface area contributed by atoms with Crippen LogP contribution in [0.3, 0.4) is 0 Å². The highest BCUT2D eigenvalue weighted by Crippen LogP contribution is 2.31. The minimum atomic E-state index is -0.266. The van der Waals surface area contributed by atoms with Crippen LogP contribution in [0, 0.1) is 0 Å². The molecule has 0 bridgehead atoms. The first kappa shape index (κ1) is 24.2. The van der Waals surface area contributed by atoms with Gasteiger partial charge in [0, 0.05) is 24.0 Å². The van der Waals surface area contributed by atoms with Crippen molar-refractivity contribution in [2.24, 2.45) is 0 Å².